The average Bonchev–Trinajstić information content (AvgIpc) is 2.99. The lowest BCUT2D eigenvalue weighted by atomic mass is 10.1. The van der Waals surface area contributed by atoms with Crippen molar-refractivity contribution in [3.63, 3.8) is 0 Å². The first-order chi connectivity index (χ1) is 22.4. The fraction of sp³-hybridized carbons (Fsp3) is 0.353. The fourth-order valence-electron chi connectivity index (χ4n) is 4.64. The van der Waals surface area contributed by atoms with Crippen LogP contribution in [0.2, 0.25) is 0 Å². The summed E-state index contributed by atoms with van der Waals surface area (Å²) in [6.45, 7) is 10.1. The van der Waals surface area contributed by atoms with Crippen molar-refractivity contribution in [2.24, 2.45) is 0 Å². The van der Waals surface area contributed by atoms with Gasteiger partial charge in [0.05, 0.1) is 9.79 Å². The molecule has 1 unspecified atom stereocenters. The zero-order valence-corrected chi connectivity index (χ0v) is 30.8. The second-order valence-electron chi connectivity index (χ2n) is 12.9. The maximum Gasteiger partial charge on any atom is 0.325 e. The van der Waals surface area contributed by atoms with E-state index in [4.69, 9.17) is 9.47 Å². The van der Waals surface area contributed by atoms with Gasteiger partial charge in [0.1, 0.15) is 23.3 Å². The lowest BCUT2D eigenvalue weighted by Gasteiger charge is -2.25. The molecule has 0 bridgehead atoms. The number of benzene rings is 4. The van der Waals surface area contributed by atoms with Crippen LogP contribution in [0.3, 0.4) is 0 Å². The molecule has 0 heterocycles. The van der Waals surface area contributed by atoms with Gasteiger partial charge in [-0.05, 0) is 64.4 Å². The number of ether oxygens (including phenoxy) is 2. The highest BCUT2D eigenvalue weighted by Crippen LogP contribution is 2.29. The first kappa shape index (κ1) is 37.7. The van der Waals surface area contributed by atoms with Crippen LogP contribution in [0, 0.1) is 0 Å². The molecule has 4 aromatic carbocycles. The maximum absolute atomic E-state index is 13.6. The summed E-state index contributed by atoms with van der Waals surface area (Å²) in [5.74, 6) is -1.72. The summed E-state index contributed by atoms with van der Waals surface area (Å²) in [4.78, 5) is 26.5. The molecule has 4 rings (SSSR count). The standard InChI is InChI=1S/C34H40N2O8S4/c1-33(2,3)43-31(37)27(35-47(39,40)29-19-11-15-23-13-7-9-17-25(23)29)21-45-46-22-28(32(38)44-34(4,5)6)36-48(41,42)30-20-12-16-24-14-8-10-18-26(24)30/h7-20,27-28,35-36H,21-22H2,1-6H3/t27-,28?/m0/s1. The van der Waals surface area contributed by atoms with Gasteiger partial charge in [0.25, 0.3) is 0 Å². The largest absolute Gasteiger partial charge is 0.459 e. The van der Waals surface area contributed by atoms with Crippen LogP contribution in [-0.4, -0.2) is 63.6 Å². The van der Waals surface area contributed by atoms with E-state index in [2.05, 4.69) is 9.44 Å². The Morgan fingerprint density at radius 3 is 1.27 bits per heavy atom. The second kappa shape index (κ2) is 15.2. The van der Waals surface area contributed by atoms with Crippen LogP contribution < -0.4 is 9.44 Å². The van der Waals surface area contributed by atoms with Gasteiger partial charge in [-0.2, -0.15) is 9.44 Å². The Morgan fingerprint density at radius 2 is 0.917 bits per heavy atom. The van der Waals surface area contributed by atoms with Crippen LogP contribution in [0.25, 0.3) is 21.5 Å². The van der Waals surface area contributed by atoms with Crippen molar-refractivity contribution in [3.8, 4) is 0 Å². The Labute approximate surface area is 290 Å². The Bertz CT molecular complexity index is 1850. The molecule has 258 valence electrons. The number of carbonyl (C=O) groups excluding carboxylic acids is 2. The van der Waals surface area contributed by atoms with Crippen LogP contribution in [-0.2, 0) is 39.1 Å². The summed E-state index contributed by atoms with van der Waals surface area (Å²) in [5.41, 5.74) is -1.78. The van der Waals surface area contributed by atoms with E-state index >= 15 is 0 Å². The molecular weight excluding hydrogens is 693 g/mol. The van der Waals surface area contributed by atoms with Crippen molar-refractivity contribution in [1.29, 1.82) is 0 Å². The fourth-order valence-corrected chi connectivity index (χ4v) is 9.98. The van der Waals surface area contributed by atoms with Gasteiger partial charge in [-0.3, -0.25) is 9.59 Å². The molecule has 0 amide bonds. The number of hydrogen-bond donors (Lipinski definition) is 2. The van der Waals surface area contributed by atoms with Crippen LogP contribution >= 0.6 is 21.6 Å². The Hall–Kier alpha value is -3.14. The summed E-state index contributed by atoms with van der Waals surface area (Å²) in [6.07, 6.45) is 0. The number of rotatable bonds is 13. The first-order valence-corrected chi connectivity index (χ1v) is 20.5. The molecule has 0 aliphatic carbocycles. The van der Waals surface area contributed by atoms with E-state index in [0.717, 1.165) is 32.4 Å². The molecular formula is C34H40N2O8S4. The van der Waals surface area contributed by atoms with Crippen LogP contribution in [0.4, 0.5) is 0 Å². The predicted molar refractivity (Wildman–Crippen MR) is 193 cm³/mol. The predicted octanol–water partition coefficient (Wildman–Crippen LogP) is 6.05. The number of hydrogen-bond acceptors (Lipinski definition) is 10. The van der Waals surface area contributed by atoms with Gasteiger partial charge in [0, 0.05) is 22.3 Å². The zero-order valence-electron chi connectivity index (χ0n) is 27.6. The van der Waals surface area contributed by atoms with Gasteiger partial charge in [-0.25, -0.2) is 16.8 Å². The average molecular weight is 733 g/mol. The Morgan fingerprint density at radius 1 is 0.583 bits per heavy atom. The summed E-state index contributed by atoms with van der Waals surface area (Å²) >= 11 is 0. The van der Waals surface area contributed by atoms with Gasteiger partial charge in [-0.15, -0.1) is 0 Å². The minimum atomic E-state index is -4.19. The summed E-state index contributed by atoms with van der Waals surface area (Å²) in [6, 6.07) is 21.2. The number of nitrogens with one attached hydrogen (secondary N) is 2. The normalized spacial score (nSPS) is 14.0. The molecule has 14 heteroatoms. The molecule has 0 saturated carbocycles. The summed E-state index contributed by atoms with van der Waals surface area (Å²) in [5, 5.41) is 2.43. The molecule has 10 nitrogen and oxygen atoms in total. The topological polar surface area (TPSA) is 145 Å². The van der Waals surface area contributed by atoms with E-state index in [1.54, 1.807) is 114 Å². The highest BCUT2D eigenvalue weighted by molar-refractivity contribution is 8.76. The molecule has 0 saturated heterocycles. The van der Waals surface area contributed by atoms with E-state index in [-0.39, 0.29) is 21.3 Å². The van der Waals surface area contributed by atoms with Crippen molar-refractivity contribution >= 4 is 75.1 Å². The third kappa shape index (κ3) is 10.2. The monoisotopic (exact) mass is 732 g/mol. The number of sulfonamides is 2. The van der Waals surface area contributed by atoms with Gasteiger partial charge in [0.2, 0.25) is 20.0 Å². The molecule has 0 aliphatic heterocycles. The molecule has 0 spiro atoms. The van der Waals surface area contributed by atoms with Gasteiger partial charge >= 0.3 is 11.9 Å². The van der Waals surface area contributed by atoms with E-state index in [1.807, 2.05) is 0 Å². The first-order valence-electron chi connectivity index (χ1n) is 15.1. The minimum absolute atomic E-state index is 0.0136. The minimum Gasteiger partial charge on any atom is -0.459 e. The van der Waals surface area contributed by atoms with Crippen LogP contribution in [0.15, 0.2) is 94.7 Å². The highest BCUT2D eigenvalue weighted by atomic mass is 33.1. The third-order valence-electron chi connectivity index (χ3n) is 6.61. The molecule has 48 heavy (non-hydrogen) atoms. The second-order valence-corrected chi connectivity index (χ2v) is 18.9. The number of fused-ring (bicyclic) bond motifs is 2. The number of esters is 2. The zero-order chi connectivity index (χ0) is 35.3. The van der Waals surface area contributed by atoms with Gasteiger partial charge in [0.15, 0.2) is 0 Å². The maximum atomic E-state index is 13.6. The molecule has 2 atom stereocenters. The quantitative estimate of drug-likeness (QED) is 0.0947. The molecule has 0 radical (unpaired) electrons. The third-order valence-corrected chi connectivity index (χ3v) is 12.1. The number of carbonyl (C=O) groups is 2. The van der Waals surface area contributed by atoms with Crippen molar-refractivity contribution in [2.45, 2.75) is 74.6 Å². The summed E-state index contributed by atoms with van der Waals surface area (Å²) < 4.78 is 70.5. The molecule has 4 aromatic rings. The smallest absolute Gasteiger partial charge is 0.325 e. The van der Waals surface area contributed by atoms with Crippen LogP contribution in [0.5, 0.6) is 0 Å². The van der Waals surface area contributed by atoms with Crippen molar-refractivity contribution in [3.05, 3.63) is 84.9 Å². The van der Waals surface area contributed by atoms with Crippen molar-refractivity contribution in [1.82, 2.24) is 9.44 Å². The van der Waals surface area contributed by atoms with E-state index in [9.17, 15) is 26.4 Å². The molecule has 2 N–H and O–H groups in total. The van der Waals surface area contributed by atoms with Crippen LogP contribution in [0.1, 0.15) is 41.5 Å². The van der Waals surface area contributed by atoms with E-state index < -0.39 is 55.3 Å². The Balaban J connectivity index is 1.54. The van der Waals surface area contributed by atoms with E-state index in [1.165, 1.54) is 12.1 Å². The lowest BCUT2D eigenvalue weighted by molar-refractivity contribution is -0.157. The Kier molecular flexibility index (Phi) is 11.9. The SMILES string of the molecule is CC(C)(C)OC(=O)C(CSSC[C@H](NS(=O)(=O)c1cccc2ccccc12)C(=O)OC(C)(C)C)NS(=O)(=O)c1cccc2ccccc12. The van der Waals surface area contributed by atoms with Gasteiger partial charge < -0.3 is 9.47 Å². The molecule has 0 aromatic heterocycles. The summed E-state index contributed by atoms with van der Waals surface area (Å²) in [7, 11) is -6.19. The molecule has 0 fully saturated rings. The lowest BCUT2D eigenvalue weighted by Crippen LogP contribution is -2.46. The van der Waals surface area contributed by atoms with Crippen molar-refractivity contribution in [2.75, 3.05) is 11.5 Å². The van der Waals surface area contributed by atoms with Crippen molar-refractivity contribution < 1.29 is 35.9 Å². The van der Waals surface area contributed by atoms with Gasteiger partial charge in [-0.1, -0.05) is 94.4 Å². The highest BCUT2D eigenvalue weighted by Gasteiger charge is 2.33. The van der Waals surface area contributed by atoms with E-state index in [0.29, 0.717) is 10.8 Å². The molecule has 0 aliphatic rings.